The fourth-order valence-electron chi connectivity index (χ4n) is 0.791. The molecule has 0 unspecified atom stereocenters. The van der Waals surface area contributed by atoms with Crippen LogP contribution in [0.5, 0.6) is 0 Å². The predicted molar refractivity (Wildman–Crippen MR) is 38.1 cm³/mol. The molecule has 0 radical (unpaired) electrons. The molecule has 0 fully saturated rings. The largest absolute Gasteiger partial charge is 0.341 e. The Hall–Kier alpha value is -0.760. The van der Waals surface area contributed by atoms with Crippen LogP contribution in [-0.2, 0) is 6.67 Å². The van der Waals surface area contributed by atoms with E-state index in [-0.39, 0.29) is 0 Å². The number of hydrogen-bond donors (Lipinski definition) is 0. The van der Waals surface area contributed by atoms with E-state index in [2.05, 4.69) is 36.0 Å². The molecular formula is C7H12N2. The predicted octanol–water partition coefficient (Wildman–Crippen LogP) is 1.01. The molecule has 0 aliphatic rings. The summed E-state index contributed by atoms with van der Waals surface area (Å²) in [7, 11) is 4.11. The quantitative estimate of drug-likeness (QED) is 0.571. The third kappa shape index (κ3) is 1.90. The third-order valence-corrected chi connectivity index (χ3v) is 1.11. The normalized spacial score (nSPS) is 10.6. The molecule has 1 rings (SSSR count). The van der Waals surface area contributed by atoms with E-state index in [1.807, 2.05) is 12.1 Å². The Morgan fingerprint density at radius 2 is 1.78 bits per heavy atom. The molecule has 0 aliphatic heterocycles. The van der Waals surface area contributed by atoms with Crippen LogP contribution in [0.3, 0.4) is 0 Å². The van der Waals surface area contributed by atoms with Crippen molar-refractivity contribution in [3.05, 3.63) is 24.5 Å². The van der Waals surface area contributed by atoms with Crippen LogP contribution in [-0.4, -0.2) is 23.6 Å². The molecule has 2 heteroatoms. The van der Waals surface area contributed by atoms with Crippen LogP contribution in [0.15, 0.2) is 24.5 Å². The Labute approximate surface area is 55.7 Å². The second kappa shape index (κ2) is 2.69. The van der Waals surface area contributed by atoms with Crippen LogP contribution in [0.25, 0.3) is 0 Å². The number of nitrogens with zero attached hydrogens (tertiary/aromatic N) is 2. The summed E-state index contributed by atoms with van der Waals surface area (Å²) < 4.78 is 2.12. The topological polar surface area (TPSA) is 8.17 Å². The molecule has 0 aromatic carbocycles. The molecule has 0 saturated carbocycles. The van der Waals surface area contributed by atoms with Crippen molar-refractivity contribution >= 4 is 0 Å². The minimum Gasteiger partial charge on any atom is -0.341 e. The fourth-order valence-corrected chi connectivity index (χ4v) is 0.791. The first-order valence-corrected chi connectivity index (χ1v) is 3.04. The van der Waals surface area contributed by atoms with Gasteiger partial charge in [0.15, 0.2) is 0 Å². The first kappa shape index (κ1) is 6.36. The highest BCUT2D eigenvalue weighted by atomic mass is 15.2. The Morgan fingerprint density at radius 1 is 1.22 bits per heavy atom. The van der Waals surface area contributed by atoms with Gasteiger partial charge >= 0.3 is 0 Å². The van der Waals surface area contributed by atoms with Gasteiger partial charge < -0.3 is 4.57 Å². The highest BCUT2D eigenvalue weighted by Gasteiger charge is 1.87. The lowest BCUT2D eigenvalue weighted by atomic mass is 10.7. The molecular weight excluding hydrogens is 112 g/mol. The van der Waals surface area contributed by atoms with E-state index in [1.54, 1.807) is 0 Å². The monoisotopic (exact) mass is 124 g/mol. The maximum Gasteiger partial charge on any atom is 0.0739 e. The lowest BCUT2D eigenvalue weighted by molar-refractivity contribution is 0.327. The minimum atomic E-state index is 0.965. The molecule has 1 aromatic heterocycles. The van der Waals surface area contributed by atoms with Gasteiger partial charge in [0, 0.05) is 12.4 Å². The maximum absolute atomic E-state index is 2.12. The molecule has 0 saturated heterocycles. The van der Waals surface area contributed by atoms with Crippen LogP contribution in [0, 0.1) is 0 Å². The number of aromatic nitrogens is 1. The van der Waals surface area contributed by atoms with E-state index >= 15 is 0 Å². The average Bonchev–Trinajstić information content (AvgIpc) is 2.15. The van der Waals surface area contributed by atoms with E-state index in [0.29, 0.717) is 0 Å². The lowest BCUT2D eigenvalue weighted by Crippen LogP contribution is -2.15. The summed E-state index contributed by atoms with van der Waals surface area (Å²) in [5.41, 5.74) is 0. The summed E-state index contributed by atoms with van der Waals surface area (Å²) in [6.07, 6.45) is 4.11. The van der Waals surface area contributed by atoms with Crippen molar-refractivity contribution in [2.75, 3.05) is 14.1 Å². The second-order valence-electron chi connectivity index (χ2n) is 2.42. The smallest absolute Gasteiger partial charge is 0.0739 e. The molecule has 9 heavy (non-hydrogen) atoms. The van der Waals surface area contributed by atoms with Gasteiger partial charge in [-0.15, -0.1) is 0 Å². The Bertz CT molecular complexity index is 153. The summed E-state index contributed by atoms with van der Waals surface area (Å²) in [6, 6.07) is 4.06. The van der Waals surface area contributed by atoms with Crippen LogP contribution in [0.4, 0.5) is 0 Å². The molecule has 0 bridgehead atoms. The first-order valence-electron chi connectivity index (χ1n) is 3.04. The van der Waals surface area contributed by atoms with E-state index in [1.165, 1.54) is 0 Å². The summed E-state index contributed by atoms with van der Waals surface area (Å²) in [5, 5.41) is 0. The van der Waals surface area contributed by atoms with Crippen molar-refractivity contribution < 1.29 is 0 Å². The Kier molecular flexibility index (Phi) is 1.90. The van der Waals surface area contributed by atoms with Gasteiger partial charge in [0.2, 0.25) is 0 Å². The molecule has 1 aromatic rings. The minimum absolute atomic E-state index is 0.965. The fraction of sp³-hybridized carbons (Fsp3) is 0.429. The molecule has 1 heterocycles. The van der Waals surface area contributed by atoms with Gasteiger partial charge in [-0.2, -0.15) is 0 Å². The zero-order chi connectivity index (χ0) is 6.69. The lowest BCUT2D eigenvalue weighted by Gasteiger charge is -2.09. The van der Waals surface area contributed by atoms with Gasteiger partial charge in [0.1, 0.15) is 0 Å². The van der Waals surface area contributed by atoms with Gasteiger partial charge in [-0.05, 0) is 26.2 Å². The maximum atomic E-state index is 2.12. The van der Waals surface area contributed by atoms with Gasteiger partial charge in [0.05, 0.1) is 6.67 Å². The molecule has 0 amide bonds. The zero-order valence-corrected chi connectivity index (χ0v) is 5.91. The van der Waals surface area contributed by atoms with Gasteiger partial charge in [-0.1, -0.05) is 0 Å². The van der Waals surface area contributed by atoms with Crippen molar-refractivity contribution in [2.24, 2.45) is 0 Å². The summed E-state index contributed by atoms with van der Waals surface area (Å²) in [5.74, 6) is 0. The van der Waals surface area contributed by atoms with E-state index in [0.717, 1.165) is 6.67 Å². The van der Waals surface area contributed by atoms with Gasteiger partial charge in [-0.25, -0.2) is 0 Å². The van der Waals surface area contributed by atoms with E-state index in [9.17, 15) is 0 Å². The van der Waals surface area contributed by atoms with Crippen LogP contribution in [0.2, 0.25) is 0 Å². The first-order chi connectivity index (χ1) is 4.29. The molecule has 0 atom stereocenters. The summed E-state index contributed by atoms with van der Waals surface area (Å²) in [4.78, 5) is 2.12. The van der Waals surface area contributed by atoms with Crippen molar-refractivity contribution in [3.63, 3.8) is 0 Å². The SMILES string of the molecule is CN(C)Cn1cccc1. The second-order valence-corrected chi connectivity index (χ2v) is 2.42. The van der Waals surface area contributed by atoms with Gasteiger partial charge in [-0.3, -0.25) is 4.90 Å². The molecule has 50 valence electrons. The summed E-state index contributed by atoms with van der Waals surface area (Å²) >= 11 is 0. The van der Waals surface area contributed by atoms with Gasteiger partial charge in [0.25, 0.3) is 0 Å². The zero-order valence-electron chi connectivity index (χ0n) is 5.91. The third-order valence-electron chi connectivity index (χ3n) is 1.11. The highest BCUT2D eigenvalue weighted by molar-refractivity contribution is 4.89. The van der Waals surface area contributed by atoms with Crippen LogP contribution >= 0.6 is 0 Å². The van der Waals surface area contributed by atoms with Crippen molar-refractivity contribution in [3.8, 4) is 0 Å². The van der Waals surface area contributed by atoms with Crippen molar-refractivity contribution in [1.82, 2.24) is 9.47 Å². The molecule has 2 nitrogen and oxygen atoms in total. The summed E-state index contributed by atoms with van der Waals surface area (Å²) in [6.45, 7) is 0.965. The molecule has 0 N–H and O–H groups in total. The number of hydrogen-bond acceptors (Lipinski definition) is 1. The van der Waals surface area contributed by atoms with E-state index < -0.39 is 0 Å². The van der Waals surface area contributed by atoms with E-state index in [4.69, 9.17) is 0 Å². The Morgan fingerprint density at radius 3 is 2.22 bits per heavy atom. The Balaban J connectivity index is 2.48. The molecule has 0 spiro atoms. The van der Waals surface area contributed by atoms with Crippen molar-refractivity contribution in [1.29, 1.82) is 0 Å². The van der Waals surface area contributed by atoms with Crippen LogP contribution < -0.4 is 0 Å². The standard InChI is InChI=1S/C7H12N2/c1-8(2)7-9-5-3-4-6-9/h3-6H,7H2,1-2H3. The van der Waals surface area contributed by atoms with Crippen LogP contribution in [0.1, 0.15) is 0 Å². The average molecular weight is 124 g/mol. The highest BCUT2D eigenvalue weighted by Crippen LogP contribution is 1.89. The van der Waals surface area contributed by atoms with Crippen molar-refractivity contribution in [2.45, 2.75) is 6.67 Å². The molecule has 0 aliphatic carbocycles. The number of rotatable bonds is 2.